The summed E-state index contributed by atoms with van der Waals surface area (Å²) in [5.74, 6) is 0.245. The Morgan fingerprint density at radius 2 is 1.82 bits per heavy atom. The minimum Gasteiger partial charge on any atom is -0.441 e. The first-order chi connectivity index (χ1) is 13.5. The molecular formula is C22H26F2N2O2. The van der Waals surface area contributed by atoms with Crippen LogP contribution < -0.4 is 0 Å². The van der Waals surface area contributed by atoms with Gasteiger partial charge in [0, 0.05) is 31.0 Å². The maximum Gasteiger partial charge on any atom is 0.223 e. The van der Waals surface area contributed by atoms with E-state index in [2.05, 4.69) is 16.8 Å². The van der Waals surface area contributed by atoms with Crippen LogP contribution in [0.4, 0.5) is 8.78 Å². The van der Waals surface area contributed by atoms with Crippen molar-refractivity contribution in [3.05, 3.63) is 41.9 Å². The fraction of sp³-hybridized carbons (Fsp3) is 0.545. The molecule has 1 amide bonds. The lowest BCUT2D eigenvalue weighted by Gasteiger charge is -2.36. The Hall–Kier alpha value is -2.24. The van der Waals surface area contributed by atoms with E-state index in [1.807, 2.05) is 0 Å². The third-order valence-corrected chi connectivity index (χ3v) is 5.91. The molecule has 4 rings (SSSR count). The Kier molecular flexibility index (Phi) is 5.47. The molecule has 0 radical (unpaired) electrons. The van der Waals surface area contributed by atoms with Crippen LogP contribution in [0.25, 0.3) is 11.3 Å². The number of rotatable bonds is 6. The van der Waals surface area contributed by atoms with Crippen molar-refractivity contribution in [2.45, 2.75) is 70.4 Å². The third kappa shape index (κ3) is 4.26. The smallest absolute Gasteiger partial charge is 0.223 e. The van der Waals surface area contributed by atoms with Crippen molar-refractivity contribution in [3.63, 3.8) is 0 Å². The van der Waals surface area contributed by atoms with Crippen LogP contribution in [0.5, 0.6) is 0 Å². The van der Waals surface area contributed by atoms with Crippen molar-refractivity contribution in [1.82, 2.24) is 9.88 Å². The second kappa shape index (κ2) is 8.02. The van der Waals surface area contributed by atoms with Crippen LogP contribution in [-0.2, 0) is 11.2 Å². The first-order valence-electron chi connectivity index (χ1n) is 10.2. The van der Waals surface area contributed by atoms with E-state index >= 15 is 0 Å². The highest BCUT2D eigenvalue weighted by atomic mass is 19.1. The minimum absolute atomic E-state index is 0.162. The Morgan fingerprint density at radius 1 is 1.14 bits per heavy atom. The van der Waals surface area contributed by atoms with Gasteiger partial charge in [-0.1, -0.05) is 6.92 Å². The van der Waals surface area contributed by atoms with Gasteiger partial charge in [0.2, 0.25) is 5.91 Å². The number of amides is 1. The summed E-state index contributed by atoms with van der Waals surface area (Å²) in [5.41, 5.74) is 0.169. The summed E-state index contributed by atoms with van der Waals surface area (Å²) in [5, 5.41) is 0. The Balaban J connectivity index is 1.38. The van der Waals surface area contributed by atoms with Crippen molar-refractivity contribution >= 4 is 5.91 Å². The molecule has 2 fully saturated rings. The van der Waals surface area contributed by atoms with E-state index in [0.29, 0.717) is 30.8 Å². The molecule has 2 aliphatic carbocycles. The van der Waals surface area contributed by atoms with E-state index < -0.39 is 11.6 Å². The number of nitrogens with zero attached hydrogens (tertiary/aromatic N) is 2. The predicted octanol–water partition coefficient (Wildman–Crippen LogP) is 5.12. The lowest BCUT2D eigenvalue weighted by Crippen LogP contribution is -2.43. The molecule has 1 heterocycles. The lowest BCUT2D eigenvalue weighted by atomic mass is 9.86. The number of carbonyl (C=O) groups is 1. The zero-order chi connectivity index (χ0) is 19.7. The van der Waals surface area contributed by atoms with Crippen molar-refractivity contribution in [3.8, 4) is 11.3 Å². The standard InChI is InChI=1S/C22H26F2N2O2/c1-14-2-5-16(6-3-14)26(17-7-8-17)22(27)11-10-21-25-13-20(28-21)18-9-4-15(23)12-19(18)24/h4,9,12-14,16-17H,2-3,5-8,10-11H2,1H3. The van der Waals surface area contributed by atoms with Crippen molar-refractivity contribution in [2.75, 3.05) is 0 Å². The zero-order valence-corrected chi connectivity index (χ0v) is 16.2. The number of oxazole rings is 1. The van der Waals surface area contributed by atoms with Crippen molar-refractivity contribution < 1.29 is 18.0 Å². The molecule has 0 spiro atoms. The van der Waals surface area contributed by atoms with E-state index in [9.17, 15) is 13.6 Å². The highest BCUT2D eigenvalue weighted by Gasteiger charge is 2.38. The monoisotopic (exact) mass is 388 g/mol. The average Bonchev–Trinajstić information content (AvgIpc) is 3.39. The van der Waals surface area contributed by atoms with Gasteiger partial charge in [-0.2, -0.15) is 0 Å². The Bertz CT molecular complexity index is 839. The Labute approximate surface area is 163 Å². The molecule has 0 aliphatic heterocycles. The molecule has 2 aliphatic rings. The number of aryl methyl sites for hydroxylation is 1. The molecule has 2 aromatic rings. The van der Waals surface area contributed by atoms with Gasteiger partial charge in [-0.15, -0.1) is 0 Å². The number of aromatic nitrogens is 1. The molecular weight excluding hydrogens is 362 g/mol. The molecule has 150 valence electrons. The summed E-state index contributed by atoms with van der Waals surface area (Å²) in [6.07, 6.45) is 8.92. The van der Waals surface area contributed by atoms with Crippen LogP contribution in [0.15, 0.2) is 28.8 Å². The van der Waals surface area contributed by atoms with Gasteiger partial charge in [-0.25, -0.2) is 13.8 Å². The highest BCUT2D eigenvalue weighted by molar-refractivity contribution is 5.77. The minimum atomic E-state index is -0.690. The van der Waals surface area contributed by atoms with Crippen LogP contribution in [0.1, 0.15) is 57.8 Å². The maximum atomic E-state index is 13.9. The van der Waals surface area contributed by atoms with Crippen molar-refractivity contribution in [1.29, 1.82) is 0 Å². The molecule has 4 nitrogen and oxygen atoms in total. The van der Waals surface area contributed by atoms with Crippen LogP contribution in [0, 0.1) is 17.6 Å². The van der Waals surface area contributed by atoms with Crippen LogP contribution in [0.3, 0.4) is 0 Å². The SMILES string of the molecule is CC1CCC(N(C(=O)CCc2ncc(-c3ccc(F)cc3F)o2)C2CC2)CC1. The molecule has 1 aromatic carbocycles. The first kappa shape index (κ1) is 19.1. The number of halogens is 2. The van der Waals surface area contributed by atoms with Crippen molar-refractivity contribution in [2.24, 2.45) is 5.92 Å². The Morgan fingerprint density at radius 3 is 2.46 bits per heavy atom. The van der Waals surface area contributed by atoms with E-state index in [1.54, 1.807) is 0 Å². The molecule has 0 N–H and O–H groups in total. The summed E-state index contributed by atoms with van der Waals surface area (Å²) in [4.78, 5) is 19.2. The van der Waals surface area contributed by atoms with Gasteiger partial charge in [-0.3, -0.25) is 4.79 Å². The topological polar surface area (TPSA) is 46.3 Å². The van der Waals surface area contributed by atoms with Gasteiger partial charge >= 0.3 is 0 Å². The number of hydrogen-bond acceptors (Lipinski definition) is 3. The highest BCUT2D eigenvalue weighted by Crippen LogP contribution is 2.36. The van der Waals surface area contributed by atoms with Gasteiger partial charge < -0.3 is 9.32 Å². The molecule has 0 atom stereocenters. The molecule has 1 aromatic heterocycles. The van der Waals surface area contributed by atoms with E-state index in [1.165, 1.54) is 31.2 Å². The third-order valence-electron chi connectivity index (χ3n) is 5.91. The van der Waals surface area contributed by atoms with Crippen LogP contribution in [0.2, 0.25) is 0 Å². The molecule has 28 heavy (non-hydrogen) atoms. The number of carbonyl (C=O) groups excluding carboxylic acids is 1. The summed E-state index contributed by atoms with van der Waals surface area (Å²) < 4.78 is 32.6. The summed E-state index contributed by atoms with van der Waals surface area (Å²) >= 11 is 0. The molecule has 0 bridgehead atoms. The van der Waals surface area contributed by atoms with Gasteiger partial charge in [-0.05, 0) is 56.6 Å². The lowest BCUT2D eigenvalue weighted by molar-refractivity contribution is -0.135. The second-order valence-corrected chi connectivity index (χ2v) is 8.19. The van der Waals surface area contributed by atoms with E-state index in [0.717, 1.165) is 37.7 Å². The molecule has 2 saturated carbocycles. The zero-order valence-electron chi connectivity index (χ0n) is 16.2. The average molecular weight is 388 g/mol. The predicted molar refractivity (Wildman–Crippen MR) is 101 cm³/mol. The van der Waals surface area contributed by atoms with Crippen LogP contribution >= 0.6 is 0 Å². The largest absolute Gasteiger partial charge is 0.441 e. The van der Waals surface area contributed by atoms with Gasteiger partial charge in [0.1, 0.15) is 11.6 Å². The van der Waals surface area contributed by atoms with E-state index in [4.69, 9.17) is 4.42 Å². The van der Waals surface area contributed by atoms with Gasteiger partial charge in [0.05, 0.1) is 11.8 Å². The molecule has 0 unspecified atom stereocenters. The van der Waals surface area contributed by atoms with Gasteiger partial charge in [0.15, 0.2) is 11.7 Å². The number of benzene rings is 1. The first-order valence-corrected chi connectivity index (χ1v) is 10.2. The normalized spacial score (nSPS) is 22.2. The summed E-state index contributed by atoms with van der Waals surface area (Å²) in [7, 11) is 0. The van der Waals surface area contributed by atoms with Gasteiger partial charge in [0.25, 0.3) is 0 Å². The molecule has 6 heteroatoms. The summed E-state index contributed by atoms with van der Waals surface area (Å²) in [6, 6.07) is 4.10. The fourth-order valence-corrected chi connectivity index (χ4v) is 4.16. The fourth-order valence-electron chi connectivity index (χ4n) is 4.16. The van der Waals surface area contributed by atoms with Crippen LogP contribution in [-0.4, -0.2) is 27.9 Å². The second-order valence-electron chi connectivity index (χ2n) is 8.19. The van der Waals surface area contributed by atoms with E-state index in [-0.39, 0.29) is 17.2 Å². The molecule has 0 saturated heterocycles. The maximum absolute atomic E-state index is 13.9. The quantitative estimate of drug-likeness (QED) is 0.690. The number of hydrogen-bond donors (Lipinski definition) is 0. The summed E-state index contributed by atoms with van der Waals surface area (Å²) in [6.45, 7) is 2.28.